The van der Waals surface area contributed by atoms with Crippen LogP contribution in [0.4, 0.5) is 11.4 Å². The number of rotatable bonds is 14. The highest BCUT2D eigenvalue weighted by Crippen LogP contribution is 2.43. The molecule has 304 valence electrons. The van der Waals surface area contributed by atoms with Gasteiger partial charge in [-0.1, -0.05) is 44.7 Å². The zero-order valence-electron chi connectivity index (χ0n) is 34.1. The molecule has 0 N–H and O–H groups in total. The molecule has 0 bridgehead atoms. The molecule has 2 aromatic rings. The molecule has 0 saturated heterocycles. The van der Waals surface area contributed by atoms with Crippen LogP contribution >= 0.6 is 11.6 Å². The van der Waals surface area contributed by atoms with Crippen molar-refractivity contribution in [2.75, 3.05) is 57.4 Å². The molecule has 3 aliphatic rings. The van der Waals surface area contributed by atoms with Gasteiger partial charge >= 0.3 is 5.97 Å². The highest BCUT2D eigenvalue weighted by Gasteiger charge is 2.45. The van der Waals surface area contributed by atoms with Gasteiger partial charge in [0.05, 0.1) is 34.6 Å². The molecule has 0 spiro atoms. The van der Waals surface area contributed by atoms with Crippen LogP contribution in [0.1, 0.15) is 120 Å². The molecular weight excluding hydrogens is 726 g/mol. The standard InChI is InChI=1S/C25H37ClN2O4.C17H23NO5/c1-6-25(4)24(30)27(13-10-14-31-5)21-15-19(20(26)16-22(21)32-25)23(29)28(17(2)3)18-11-8-7-9-12-18;1-5-17(2)16(20)18(9-6-10-21-3)13-11-12(15(19)22-4)7-8-14(13)23-17/h15-18H,6-14H2,1-5H3;7-8,11H,5-6,9-10H2,1-4H3. The van der Waals surface area contributed by atoms with Gasteiger partial charge in [0.15, 0.2) is 11.2 Å². The molecule has 1 saturated carbocycles. The SMILES string of the molecule is CCC1(C)Oc2cc(Cl)c(C(=O)N(C(C)C)C3CCCCC3)cc2N(CCCOC)C1=O.CCC1(C)Oc2ccc(C(=O)OC)cc2N(CCCOC)C1=O. The van der Waals surface area contributed by atoms with Gasteiger partial charge in [-0.05, 0) is 90.5 Å². The molecule has 2 aromatic carbocycles. The summed E-state index contributed by atoms with van der Waals surface area (Å²) in [5, 5.41) is 0.361. The number of carbonyl (C=O) groups is 4. The Labute approximate surface area is 331 Å². The maximum Gasteiger partial charge on any atom is 0.337 e. The van der Waals surface area contributed by atoms with Gasteiger partial charge in [0.1, 0.15) is 11.5 Å². The predicted molar refractivity (Wildman–Crippen MR) is 214 cm³/mol. The van der Waals surface area contributed by atoms with E-state index in [1.54, 1.807) is 68.2 Å². The van der Waals surface area contributed by atoms with E-state index >= 15 is 0 Å². The van der Waals surface area contributed by atoms with Crippen molar-refractivity contribution in [1.29, 1.82) is 0 Å². The number of hydrogen-bond acceptors (Lipinski definition) is 9. The monoisotopic (exact) mass is 785 g/mol. The lowest BCUT2D eigenvalue weighted by molar-refractivity contribution is -0.134. The number of amides is 3. The summed E-state index contributed by atoms with van der Waals surface area (Å²) in [6, 6.07) is 8.74. The van der Waals surface area contributed by atoms with Gasteiger partial charge in [-0.25, -0.2) is 4.79 Å². The van der Waals surface area contributed by atoms with Crippen LogP contribution < -0.4 is 19.3 Å². The first-order chi connectivity index (χ1) is 26.2. The Kier molecular flexibility index (Phi) is 15.4. The summed E-state index contributed by atoms with van der Waals surface area (Å²) >= 11 is 6.64. The highest BCUT2D eigenvalue weighted by atomic mass is 35.5. The molecule has 13 heteroatoms. The van der Waals surface area contributed by atoms with E-state index in [2.05, 4.69) is 13.8 Å². The summed E-state index contributed by atoms with van der Waals surface area (Å²) in [7, 11) is 4.60. The van der Waals surface area contributed by atoms with E-state index in [0.717, 1.165) is 25.7 Å². The predicted octanol–water partition coefficient (Wildman–Crippen LogP) is 7.86. The van der Waals surface area contributed by atoms with Crippen molar-refractivity contribution in [3.63, 3.8) is 0 Å². The number of ether oxygens (including phenoxy) is 5. The van der Waals surface area contributed by atoms with E-state index in [0.29, 0.717) is 91.0 Å². The quantitative estimate of drug-likeness (QED) is 0.139. The molecule has 2 atom stereocenters. The number of esters is 1. The number of carbonyl (C=O) groups excluding carboxylic acids is 4. The van der Waals surface area contributed by atoms with E-state index in [4.69, 9.17) is 35.3 Å². The maximum absolute atomic E-state index is 13.7. The van der Waals surface area contributed by atoms with Crippen LogP contribution in [0.5, 0.6) is 11.5 Å². The average molecular weight is 786 g/mol. The second kappa shape index (κ2) is 19.3. The third kappa shape index (κ3) is 9.75. The Balaban J connectivity index is 0.000000258. The summed E-state index contributed by atoms with van der Waals surface area (Å²) < 4.78 is 27.0. The minimum absolute atomic E-state index is 0.0665. The van der Waals surface area contributed by atoms with Crippen LogP contribution in [0, 0.1) is 0 Å². The first-order valence-electron chi connectivity index (χ1n) is 19.6. The minimum atomic E-state index is -0.957. The molecule has 1 aliphatic carbocycles. The van der Waals surface area contributed by atoms with Crippen molar-refractivity contribution in [2.45, 2.75) is 123 Å². The third-order valence-corrected chi connectivity index (χ3v) is 11.2. The van der Waals surface area contributed by atoms with Crippen molar-refractivity contribution in [1.82, 2.24) is 4.90 Å². The van der Waals surface area contributed by atoms with E-state index in [1.165, 1.54) is 13.5 Å². The molecule has 2 aliphatic heterocycles. The Bertz CT molecular complexity index is 1680. The molecule has 0 radical (unpaired) electrons. The summed E-state index contributed by atoms with van der Waals surface area (Å²) in [6.07, 6.45) is 8.03. The lowest BCUT2D eigenvalue weighted by Gasteiger charge is -2.41. The maximum atomic E-state index is 13.7. The lowest BCUT2D eigenvalue weighted by Crippen LogP contribution is -2.54. The fraction of sp³-hybridized carbons (Fsp3) is 0.619. The van der Waals surface area contributed by atoms with Gasteiger partial charge in [0, 0.05) is 58.7 Å². The van der Waals surface area contributed by atoms with Crippen molar-refractivity contribution in [3.05, 3.63) is 46.5 Å². The number of hydrogen-bond donors (Lipinski definition) is 0. The number of nitrogens with zero attached hydrogens (tertiary/aromatic N) is 3. The average Bonchev–Trinajstić information content (AvgIpc) is 3.18. The largest absolute Gasteiger partial charge is 0.476 e. The van der Waals surface area contributed by atoms with Gasteiger partial charge < -0.3 is 38.4 Å². The van der Waals surface area contributed by atoms with Gasteiger partial charge in [-0.3, -0.25) is 14.4 Å². The number of anilines is 2. The van der Waals surface area contributed by atoms with Crippen LogP contribution in [-0.4, -0.2) is 99.5 Å². The Morgan fingerprint density at radius 1 is 0.836 bits per heavy atom. The zero-order chi connectivity index (χ0) is 40.5. The Morgan fingerprint density at radius 2 is 1.36 bits per heavy atom. The van der Waals surface area contributed by atoms with Gasteiger partial charge in [0.25, 0.3) is 17.7 Å². The molecule has 5 rings (SSSR count). The van der Waals surface area contributed by atoms with Crippen LogP contribution in [-0.2, 0) is 23.8 Å². The molecule has 3 amide bonds. The Hall–Kier alpha value is -3.87. The van der Waals surface area contributed by atoms with E-state index in [-0.39, 0.29) is 29.8 Å². The molecule has 0 aromatic heterocycles. The molecule has 2 heterocycles. The van der Waals surface area contributed by atoms with Crippen molar-refractivity contribution in [3.8, 4) is 11.5 Å². The van der Waals surface area contributed by atoms with Crippen LogP contribution in [0.25, 0.3) is 0 Å². The van der Waals surface area contributed by atoms with Crippen molar-refractivity contribution in [2.24, 2.45) is 0 Å². The van der Waals surface area contributed by atoms with Gasteiger partial charge in [0.2, 0.25) is 0 Å². The van der Waals surface area contributed by atoms with E-state index in [1.807, 2.05) is 18.7 Å². The minimum Gasteiger partial charge on any atom is -0.476 e. The van der Waals surface area contributed by atoms with Crippen LogP contribution in [0.3, 0.4) is 0 Å². The fourth-order valence-corrected chi connectivity index (χ4v) is 7.60. The Morgan fingerprint density at radius 3 is 1.85 bits per heavy atom. The number of methoxy groups -OCH3 is 3. The molecule has 12 nitrogen and oxygen atoms in total. The molecule has 55 heavy (non-hydrogen) atoms. The smallest absolute Gasteiger partial charge is 0.337 e. The normalized spacial score (nSPS) is 20.9. The van der Waals surface area contributed by atoms with Crippen LogP contribution in [0.2, 0.25) is 5.02 Å². The fourth-order valence-electron chi connectivity index (χ4n) is 7.37. The summed E-state index contributed by atoms with van der Waals surface area (Å²) in [5.41, 5.74) is 0.169. The third-order valence-electron chi connectivity index (χ3n) is 10.9. The molecular formula is C42H60ClN3O9. The van der Waals surface area contributed by atoms with Crippen LogP contribution in [0.15, 0.2) is 30.3 Å². The topological polar surface area (TPSA) is 124 Å². The summed E-state index contributed by atoms with van der Waals surface area (Å²) in [5.74, 6) is 0.414. The number of benzene rings is 2. The number of halogens is 1. The zero-order valence-corrected chi connectivity index (χ0v) is 34.9. The van der Waals surface area contributed by atoms with Crippen molar-refractivity contribution >= 4 is 46.7 Å². The number of fused-ring (bicyclic) bond motifs is 2. The lowest BCUT2D eigenvalue weighted by atomic mass is 9.92. The van der Waals surface area contributed by atoms with E-state index < -0.39 is 17.2 Å². The van der Waals surface area contributed by atoms with E-state index in [9.17, 15) is 19.2 Å². The first-order valence-corrected chi connectivity index (χ1v) is 20.0. The second-order valence-electron chi connectivity index (χ2n) is 15.1. The summed E-state index contributed by atoms with van der Waals surface area (Å²) in [6.45, 7) is 13.6. The molecule has 2 unspecified atom stereocenters. The summed E-state index contributed by atoms with van der Waals surface area (Å²) in [4.78, 5) is 57.0. The highest BCUT2D eigenvalue weighted by molar-refractivity contribution is 6.34. The van der Waals surface area contributed by atoms with Gasteiger partial charge in [-0.2, -0.15) is 0 Å². The second-order valence-corrected chi connectivity index (χ2v) is 15.5. The van der Waals surface area contributed by atoms with Gasteiger partial charge in [-0.15, -0.1) is 0 Å². The molecule has 1 fully saturated rings. The first kappa shape index (κ1) is 43.9. The van der Waals surface area contributed by atoms with Crippen molar-refractivity contribution < 1.29 is 42.9 Å².